The predicted octanol–water partition coefficient (Wildman–Crippen LogP) is 4.61. The molecule has 4 N–H and O–H groups in total. The summed E-state index contributed by atoms with van der Waals surface area (Å²) >= 11 is 0. The van der Waals surface area contributed by atoms with Gasteiger partial charge in [-0.1, -0.05) is 78.9 Å². The highest BCUT2D eigenvalue weighted by molar-refractivity contribution is 5.98. The van der Waals surface area contributed by atoms with Crippen LogP contribution in [0.25, 0.3) is 0 Å². The molecule has 0 aromatic heterocycles. The molecule has 232 valence electrons. The fraction of sp³-hybridized carbons (Fsp3) is 0.382. The number of carbonyl (C=O) groups is 3. The number of amides is 3. The lowest BCUT2D eigenvalue weighted by molar-refractivity contribution is -0.118. The lowest BCUT2D eigenvalue weighted by atomic mass is 9.84. The zero-order valence-electron chi connectivity index (χ0n) is 24.9. The standard InChI is InChI=1S/C34H40N4O6/c1-38(27-17-18-27)34(42)44-22-26-21-43-28(20-35-26)19-16-23-10-8-9-15-29(23)36-32(39)31(37-33(40)41)30(24-11-4-2-5-12-24)25-13-6-3-7-14-25/h2-15,26-28,30-31,35,37H,16-22H2,1H3,(H,36,39)(H,40,41)/t26-,28+,31-/m0/s1. The first-order chi connectivity index (χ1) is 21.4. The van der Waals surface area contributed by atoms with Gasteiger partial charge in [0.05, 0.1) is 18.8 Å². The van der Waals surface area contributed by atoms with Crippen molar-refractivity contribution in [2.24, 2.45) is 0 Å². The normalized spacial score (nSPS) is 18.7. The molecule has 10 heteroatoms. The molecule has 1 aliphatic carbocycles. The molecule has 10 nitrogen and oxygen atoms in total. The predicted molar refractivity (Wildman–Crippen MR) is 167 cm³/mol. The Morgan fingerprint density at radius 1 is 0.977 bits per heavy atom. The zero-order valence-corrected chi connectivity index (χ0v) is 24.9. The molecule has 0 bridgehead atoms. The maximum atomic E-state index is 13.8. The van der Waals surface area contributed by atoms with Gasteiger partial charge in [-0.05, 0) is 48.4 Å². The lowest BCUT2D eigenvalue weighted by Gasteiger charge is -2.31. The van der Waals surface area contributed by atoms with Crippen LogP contribution in [0.2, 0.25) is 0 Å². The number of hydrogen-bond donors (Lipinski definition) is 4. The van der Waals surface area contributed by atoms with Gasteiger partial charge in [-0.2, -0.15) is 0 Å². The number of ether oxygens (including phenoxy) is 2. The smallest absolute Gasteiger partial charge is 0.409 e. The lowest BCUT2D eigenvalue weighted by Crippen LogP contribution is -2.49. The molecule has 2 fully saturated rings. The van der Waals surface area contributed by atoms with Gasteiger partial charge in [-0.15, -0.1) is 0 Å². The Morgan fingerprint density at radius 3 is 2.20 bits per heavy atom. The summed E-state index contributed by atoms with van der Waals surface area (Å²) < 4.78 is 11.5. The second-order valence-electron chi connectivity index (χ2n) is 11.4. The van der Waals surface area contributed by atoms with Crippen LogP contribution in [0.15, 0.2) is 84.9 Å². The van der Waals surface area contributed by atoms with Crippen LogP contribution in [0.5, 0.6) is 0 Å². The number of anilines is 1. The van der Waals surface area contributed by atoms with Crippen LogP contribution in [-0.2, 0) is 20.7 Å². The molecule has 3 amide bonds. The molecular formula is C34H40N4O6. The Balaban J connectivity index is 1.20. The van der Waals surface area contributed by atoms with Crippen LogP contribution in [0, 0.1) is 0 Å². The molecule has 5 rings (SSSR count). The van der Waals surface area contributed by atoms with Crippen molar-refractivity contribution in [2.45, 2.75) is 55.8 Å². The highest BCUT2D eigenvalue weighted by Crippen LogP contribution is 2.30. The molecule has 44 heavy (non-hydrogen) atoms. The SMILES string of the molecule is CN(C(=O)OC[C@@H]1CO[C@H](CCc2ccccc2NC(=O)[C@@H](NC(=O)O)C(c2ccccc2)c2ccccc2)CN1)C1CC1. The Kier molecular flexibility index (Phi) is 10.5. The third-order valence-electron chi connectivity index (χ3n) is 8.18. The van der Waals surface area contributed by atoms with Crippen molar-refractivity contribution >= 4 is 23.8 Å². The van der Waals surface area contributed by atoms with Gasteiger partial charge < -0.3 is 35.4 Å². The Bertz CT molecular complexity index is 1350. The van der Waals surface area contributed by atoms with Crippen molar-refractivity contribution < 1.29 is 29.0 Å². The second kappa shape index (κ2) is 14.9. The fourth-order valence-electron chi connectivity index (χ4n) is 5.56. The van der Waals surface area contributed by atoms with Crippen molar-refractivity contribution in [3.05, 3.63) is 102 Å². The summed E-state index contributed by atoms with van der Waals surface area (Å²) in [7, 11) is 1.77. The number of carbonyl (C=O) groups excluding carboxylic acids is 2. The number of benzene rings is 3. The number of nitrogens with zero attached hydrogens (tertiary/aromatic N) is 1. The fourth-order valence-corrected chi connectivity index (χ4v) is 5.56. The van der Waals surface area contributed by atoms with Crippen molar-refractivity contribution in [3.63, 3.8) is 0 Å². The van der Waals surface area contributed by atoms with Gasteiger partial charge >= 0.3 is 12.2 Å². The monoisotopic (exact) mass is 600 g/mol. The highest BCUT2D eigenvalue weighted by Gasteiger charge is 2.33. The number of nitrogens with one attached hydrogen (secondary N) is 3. The van der Waals surface area contributed by atoms with E-state index in [9.17, 15) is 19.5 Å². The minimum atomic E-state index is -1.28. The van der Waals surface area contributed by atoms with Gasteiger partial charge in [0.25, 0.3) is 0 Å². The molecule has 1 aliphatic heterocycles. The van der Waals surface area contributed by atoms with E-state index in [1.807, 2.05) is 84.9 Å². The van der Waals surface area contributed by atoms with E-state index in [2.05, 4.69) is 16.0 Å². The quantitative estimate of drug-likeness (QED) is 0.239. The first-order valence-electron chi connectivity index (χ1n) is 15.1. The number of rotatable bonds is 12. The number of morpholine rings is 1. The molecule has 1 saturated heterocycles. The zero-order chi connectivity index (χ0) is 30.9. The summed E-state index contributed by atoms with van der Waals surface area (Å²) in [6.07, 6.45) is 1.81. The Hall–Kier alpha value is -4.41. The number of para-hydroxylation sites is 1. The molecule has 0 unspecified atom stereocenters. The molecule has 3 atom stereocenters. The summed E-state index contributed by atoms with van der Waals surface area (Å²) in [5.41, 5.74) is 3.20. The van der Waals surface area contributed by atoms with Crippen molar-refractivity contribution in [1.82, 2.24) is 15.5 Å². The molecule has 0 radical (unpaired) electrons. The van der Waals surface area contributed by atoms with Gasteiger partial charge in [-0.25, -0.2) is 9.59 Å². The van der Waals surface area contributed by atoms with Crippen molar-refractivity contribution in [1.29, 1.82) is 0 Å². The molecule has 0 spiro atoms. The first-order valence-corrected chi connectivity index (χ1v) is 15.1. The van der Waals surface area contributed by atoms with Gasteiger partial charge in [-0.3, -0.25) is 4.79 Å². The summed E-state index contributed by atoms with van der Waals surface area (Å²) in [6, 6.07) is 25.6. The maximum absolute atomic E-state index is 13.8. The van der Waals surface area contributed by atoms with Crippen LogP contribution in [0.1, 0.15) is 41.9 Å². The minimum absolute atomic E-state index is 0.0400. The minimum Gasteiger partial charge on any atom is -0.465 e. The third kappa shape index (κ3) is 8.36. The number of carboxylic acid groups (broad SMARTS) is 1. The van der Waals surface area contributed by atoms with Gasteiger partial charge in [0.15, 0.2) is 0 Å². The van der Waals surface area contributed by atoms with Gasteiger partial charge in [0, 0.05) is 31.2 Å². The van der Waals surface area contributed by atoms with Gasteiger partial charge in [0.1, 0.15) is 12.6 Å². The average molecular weight is 601 g/mol. The molecular weight excluding hydrogens is 560 g/mol. The molecule has 1 saturated carbocycles. The number of hydrogen-bond acceptors (Lipinski definition) is 6. The highest BCUT2D eigenvalue weighted by atomic mass is 16.6. The average Bonchev–Trinajstić information content (AvgIpc) is 3.90. The maximum Gasteiger partial charge on any atom is 0.409 e. The van der Waals surface area contributed by atoms with Gasteiger partial charge in [0.2, 0.25) is 5.91 Å². The van der Waals surface area contributed by atoms with E-state index >= 15 is 0 Å². The van der Waals surface area contributed by atoms with E-state index in [0.717, 1.165) is 29.5 Å². The second-order valence-corrected chi connectivity index (χ2v) is 11.4. The first kappa shape index (κ1) is 31.0. The van der Waals surface area contributed by atoms with E-state index in [-0.39, 0.29) is 24.8 Å². The molecule has 3 aromatic carbocycles. The summed E-state index contributed by atoms with van der Waals surface area (Å²) in [6.45, 7) is 1.32. The van der Waals surface area contributed by atoms with Crippen LogP contribution in [-0.4, -0.2) is 79.1 Å². The van der Waals surface area contributed by atoms with Crippen LogP contribution < -0.4 is 16.0 Å². The van der Waals surface area contributed by atoms with E-state index in [0.29, 0.717) is 37.7 Å². The molecule has 3 aromatic rings. The van der Waals surface area contributed by atoms with E-state index in [1.165, 1.54) is 0 Å². The van der Waals surface area contributed by atoms with Crippen LogP contribution in [0.3, 0.4) is 0 Å². The van der Waals surface area contributed by atoms with Crippen molar-refractivity contribution in [2.75, 3.05) is 32.1 Å². The third-order valence-corrected chi connectivity index (χ3v) is 8.18. The largest absolute Gasteiger partial charge is 0.465 e. The number of aryl methyl sites for hydroxylation is 1. The van der Waals surface area contributed by atoms with E-state index in [4.69, 9.17) is 9.47 Å². The van der Waals surface area contributed by atoms with Crippen molar-refractivity contribution in [3.8, 4) is 0 Å². The van der Waals surface area contributed by atoms with Crippen LogP contribution in [0.4, 0.5) is 15.3 Å². The summed E-state index contributed by atoms with van der Waals surface area (Å²) in [5, 5.41) is 18.6. The Labute approximate surface area is 257 Å². The Morgan fingerprint density at radius 2 is 1.61 bits per heavy atom. The topological polar surface area (TPSA) is 129 Å². The summed E-state index contributed by atoms with van der Waals surface area (Å²) in [5.74, 6) is -0.985. The van der Waals surface area contributed by atoms with E-state index < -0.39 is 24.0 Å². The molecule has 2 aliphatic rings. The van der Waals surface area contributed by atoms with Crippen LogP contribution >= 0.6 is 0 Å². The summed E-state index contributed by atoms with van der Waals surface area (Å²) in [4.78, 5) is 39.5. The molecule has 1 heterocycles. The van der Waals surface area contributed by atoms with E-state index in [1.54, 1.807) is 11.9 Å².